The lowest BCUT2D eigenvalue weighted by atomic mass is 9.94. The molecule has 10 heteroatoms. The highest BCUT2D eigenvalue weighted by atomic mass is 32.1. The van der Waals surface area contributed by atoms with Gasteiger partial charge in [-0.1, -0.05) is 0 Å². The smallest absolute Gasteiger partial charge is 0.311 e. The largest absolute Gasteiger partial charge is 0.466 e. The molecule has 32 heavy (non-hydrogen) atoms. The average molecular weight is 465 g/mol. The minimum absolute atomic E-state index is 0.00693. The molecule has 0 saturated carbocycles. The number of piperidine rings is 1. The van der Waals surface area contributed by atoms with Gasteiger partial charge >= 0.3 is 5.97 Å². The van der Waals surface area contributed by atoms with Crippen molar-refractivity contribution in [3.8, 4) is 0 Å². The van der Waals surface area contributed by atoms with E-state index in [-0.39, 0.29) is 53.9 Å². The molecule has 0 bridgehead atoms. The highest BCUT2D eigenvalue weighted by molar-refractivity contribution is 7.13. The Kier molecular flexibility index (Phi) is 7.53. The van der Waals surface area contributed by atoms with Crippen LogP contribution in [0.2, 0.25) is 0 Å². The van der Waals surface area contributed by atoms with E-state index < -0.39 is 0 Å². The third kappa shape index (κ3) is 5.85. The quantitative estimate of drug-likeness (QED) is 0.646. The van der Waals surface area contributed by atoms with Gasteiger partial charge in [-0.05, 0) is 40.5 Å². The van der Waals surface area contributed by atoms with Gasteiger partial charge in [0.2, 0.25) is 17.7 Å². The molecule has 2 saturated heterocycles. The number of thiazole rings is 1. The van der Waals surface area contributed by atoms with E-state index in [1.165, 1.54) is 11.3 Å². The molecule has 0 aromatic carbocycles. The van der Waals surface area contributed by atoms with Crippen molar-refractivity contribution in [3.05, 3.63) is 11.1 Å². The number of likely N-dealkylation sites (tertiary alicyclic amines) is 2. The fourth-order valence-corrected chi connectivity index (χ4v) is 4.87. The van der Waals surface area contributed by atoms with Crippen LogP contribution in [0.15, 0.2) is 5.38 Å². The zero-order valence-corrected chi connectivity index (χ0v) is 20.0. The molecule has 3 heterocycles. The molecule has 3 amide bonds. The first-order valence-corrected chi connectivity index (χ1v) is 12.0. The first kappa shape index (κ1) is 24.2. The van der Waals surface area contributed by atoms with E-state index in [0.29, 0.717) is 49.9 Å². The van der Waals surface area contributed by atoms with Crippen LogP contribution in [0.25, 0.3) is 0 Å². The molecule has 1 atom stereocenters. The lowest BCUT2D eigenvalue weighted by molar-refractivity contribution is -0.142. The van der Waals surface area contributed by atoms with E-state index >= 15 is 0 Å². The summed E-state index contributed by atoms with van der Waals surface area (Å²) in [5, 5.41) is 5.02. The van der Waals surface area contributed by atoms with Gasteiger partial charge in [0.15, 0.2) is 5.13 Å². The van der Waals surface area contributed by atoms with Crippen molar-refractivity contribution in [2.75, 3.05) is 31.6 Å². The summed E-state index contributed by atoms with van der Waals surface area (Å²) in [5.74, 6) is -0.942. The Hall–Kier alpha value is -2.49. The lowest BCUT2D eigenvalue weighted by Gasteiger charge is -2.34. The van der Waals surface area contributed by atoms with Crippen LogP contribution >= 0.6 is 11.3 Å². The van der Waals surface area contributed by atoms with Gasteiger partial charge in [0.05, 0.1) is 24.6 Å². The molecule has 3 rings (SSSR count). The van der Waals surface area contributed by atoms with Crippen molar-refractivity contribution in [2.45, 2.75) is 58.9 Å². The molecule has 176 valence electrons. The van der Waals surface area contributed by atoms with Gasteiger partial charge in [0.1, 0.15) is 0 Å². The average Bonchev–Trinajstić information content (AvgIpc) is 3.33. The number of anilines is 1. The van der Waals surface area contributed by atoms with E-state index in [4.69, 9.17) is 4.74 Å². The van der Waals surface area contributed by atoms with Crippen molar-refractivity contribution < 1.29 is 23.9 Å². The number of ether oxygens (including phenoxy) is 1. The number of nitrogens with zero attached hydrogens (tertiary/aromatic N) is 3. The van der Waals surface area contributed by atoms with E-state index in [0.717, 1.165) is 0 Å². The fraction of sp³-hybridized carbons (Fsp3) is 0.682. The SMILES string of the molecule is CCOC(=O)Cc1csc(NC(=O)C2CCN(C(=O)C3CC(=O)N(C(C)(C)C)C3)CC2)n1. The number of carbonyl (C=O) groups is 4. The number of hydrogen-bond donors (Lipinski definition) is 1. The van der Waals surface area contributed by atoms with E-state index in [9.17, 15) is 19.2 Å². The van der Waals surface area contributed by atoms with Gasteiger partial charge in [0.25, 0.3) is 0 Å². The van der Waals surface area contributed by atoms with Crippen molar-refractivity contribution >= 4 is 40.2 Å². The molecule has 0 aliphatic carbocycles. The van der Waals surface area contributed by atoms with Crippen LogP contribution in [0.5, 0.6) is 0 Å². The molecule has 1 N–H and O–H groups in total. The minimum atomic E-state index is -0.345. The molecule has 1 aromatic rings. The molecule has 0 radical (unpaired) electrons. The Balaban J connectivity index is 1.47. The van der Waals surface area contributed by atoms with Gasteiger partial charge in [-0.25, -0.2) is 4.98 Å². The summed E-state index contributed by atoms with van der Waals surface area (Å²) in [6.45, 7) is 9.46. The Labute approximate surface area is 192 Å². The van der Waals surface area contributed by atoms with E-state index in [1.807, 2.05) is 20.8 Å². The Bertz CT molecular complexity index is 870. The molecule has 0 spiro atoms. The molecule has 2 aliphatic rings. The van der Waals surface area contributed by atoms with E-state index in [2.05, 4.69) is 10.3 Å². The van der Waals surface area contributed by atoms with Crippen LogP contribution in [-0.4, -0.2) is 70.3 Å². The lowest BCUT2D eigenvalue weighted by Crippen LogP contribution is -2.46. The van der Waals surface area contributed by atoms with Crippen LogP contribution in [0.4, 0.5) is 5.13 Å². The first-order chi connectivity index (χ1) is 15.1. The van der Waals surface area contributed by atoms with E-state index in [1.54, 1.807) is 22.1 Å². The van der Waals surface area contributed by atoms with Gasteiger partial charge in [-0.3, -0.25) is 19.2 Å². The maximum Gasteiger partial charge on any atom is 0.311 e. The summed E-state index contributed by atoms with van der Waals surface area (Å²) in [5.41, 5.74) is 0.281. The topological polar surface area (TPSA) is 109 Å². The second-order valence-corrected chi connectivity index (χ2v) is 10.1. The summed E-state index contributed by atoms with van der Waals surface area (Å²) in [4.78, 5) is 57.3. The van der Waals surface area contributed by atoms with Gasteiger partial charge in [-0.15, -0.1) is 11.3 Å². The first-order valence-electron chi connectivity index (χ1n) is 11.1. The third-order valence-electron chi connectivity index (χ3n) is 5.87. The number of carbonyl (C=O) groups excluding carboxylic acids is 4. The molecule has 2 aliphatic heterocycles. The Morgan fingerprint density at radius 2 is 1.91 bits per heavy atom. The number of nitrogens with one attached hydrogen (secondary N) is 1. The molecule has 2 fully saturated rings. The zero-order valence-electron chi connectivity index (χ0n) is 19.2. The monoisotopic (exact) mass is 464 g/mol. The van der Waals surface area contributed by atoms with Crippen molar-refractivity contribution in [1.82, 2.24) is 14.8 Å². The van der Waals surface area contributed by atoms with Crippen molar-refractivity contribution in [1.29, 1.82) is 0 Å². The van der Waals surface area contributed by atoms with Crippen LogP contribution in [-0.2, 0) is 30.3 Å². The third-order valence-corrected chi connectivity index (χ3v) is 6.68. The zero-order chi connectivity index (χ0) is 23.5. The summed E-state index contributed by atoms with van der Waals surface area (Å²) in [7, 11) is 0. The number of amides is 3. The molecule has 1 aromatic heterocycles. The second-order valence-electron chi connectivity index (χ2n) is 9.29. The predicted octanol–water partition coefficient (Wildman–Crippen LogP) is 2.07. The Morgan fingerprint density at radius 3 is 2.50 bits per heavy atom. The number of hydrogen-bond acceptors (Lipinski definition) is 7. The number of esters is 1. The van der Waals surface area contributed by atoms with Crippen LogP contribution in [0.3, 0.4) is 0 Å². The predicted molar refractivity (Wildman–Crippen MR) is 120 cm³/mol. The van der Waals surface area contributed by atoms with Gasteiger partial charge in [-0.2, -0.15) is 0 Å². The molecule has 9 nitrogen and oxygen atoms in total. The van der Waals surface area contributed by atoms with Gasteiger partial charge < -0.3 is 19.9 Å². The minimum Gasteiger partial charge on any atom is -0.466 e. The van der Waals surface area contributed by atoms with Crippen LogP contribution in [0, 0.1) is 11.8 Å². The molecule has 1 unspecified atom stereocenters. The normalized spacial score (nSPS) is 19.9. The summed E-state index contributed by atoms with van der Waals surface area (Å²) in [6.07, 6.45) is 1.48. The number of rotatable bonds is 6. The summed E-state index contributed by atoms with van der Waals surface area (Å²) >= 11 is 1.27. The second kappa shape index (κ2) is 9.97. The standard InChI is InChI=1S/C22H32N4O5S/c1-5-31-18(28)11-16-13-32-21(23-16)24-19(29)14-6-8-25(9-7-14)20(30)15-10-17(27)26(12-15)22(2,3)4/h13-15H,5-12H2,1-4H3,(H,23,24,29). The van der Waals surface area contributed by atoms with Crippen molar-refractivity contribution in [2.24, 2.45) is 11.8 Å². The maximum atomic E-state index is 12.9. The molecular formula is C22H32N4O5S. The highest BCUT2D eigenvalue weighted by Gasteiger charge is 2.41. The highest BCUT2D eigenvalue weighted by Crippen LogP contribution is 2.29. The number of aromatic nitrogens is 1. The Morgan fingerprint density at radius 1 is 1.22 bits per heavy atom. The summed E-state index contributed by atoms with van der Waals surface area (Å²) < 4.78 is 4.91. The maximum absolute atomic E-state index is 12.9. The van der Waals surface area contributed by atoms with Crippen LogP contribution < -0.4 is 5.32 Å². The molecular weight excluding hydrogens is 432 g/mol. The van der Waals surface area contributed by atoms with Crippen LogP contribution in [0.1, 0.15) is 52.7 Å². The van der Waals surface area contributed by atoms with Gasteiger partial charge in [0, 0.05) is 42.9 Å². The fourth-order valence-electron chi connectivity index (χ4n) is 4.15. The summed E-state index contributed by atoms with van der Waals surface area (Å²) in [6, 6.07) is 0. The van der Waals surface area contributed by atoms with Crippen molar-refractivity contribution in [3.63, 3.8) is 0 Å².